The Hall–Kier alpha value is -1.70. The minimum atomic E-state index is -4.50. The largest absolute Gasteiger partial charge is 0.416 e. The van der Waals surface area contributed by atoms with Gasteiger partial charge in [0, 0.05) is 6.54 Å². The maximum atomic E-state index is 12.6. The number of hydrogen-bond donors (Lipinski definition) is 4. The number of alkyl halides is 3. The molecule has 1 aliphatic rings. The van der Waals surface area contributed by atoms with Crippen molar-refractivity contribution >= 4 is 0 Å². The minimum absolute atomic E-state index is 0.211. The summed E-state index contributed by atoms with van der Waals surface area (Å²) >= 11 is 0. The third-order valence-corrected chi connectivity index (χ3v) is 4.12. The molecule has 0 aromatic heterocycles. The van der Waals surface area contributed by atoms with Crippen LogP contribution in [-0.4, -0.2) is 62.8 Å². The van der Waals surface area contributed by atoms with Gasteiger partial charge in [0.05, 0.1) is 29.9 Å². The van der Waals surface area contributed by atoms with Gasteiger partial charge >= 0.3 is 12.3 Å². The zero-order valence-corrected chi connectivity index (χ0v) is 12.4. The number of halogens is 3. The lowest BCUT2D eigenvalue weighted by Gasteiger charge is -2.42. The summed E-state index contributed by atoms with van der Waals surface area (Å²) in [6.45, 7) is 6.51. The molecule has 1 heterocycles. The van der Waals surface area contributed by atoms with Crippen LogP contribution in [0.4, 0.5) is 13.2 Å². The third kappa shape index (κ3) is 3.53. The van der Waals surface area contributed by atoms with Gasteiger partial charge in [-0.1, -0.05) is 0 Å². The Labute approximate surface area is 136 Å². The Bertz CT molecular complexity index is 602. The number of aliphatic hydroxyl groups excluding tert-OH is 4. The second-order valence-electron chi connectivity index (χ2n) is 5.62. The molecule has 24 heavy (non-hydrogen) atoms. The van der Waals surface area contributed by atoms with E-state index in [9.17, 15) is 33.6 Å². The highest BCUT2D eigenvalue weighted by Gasteiger charge is 2.46. The standard InChI is InChI=1S/C15H17F3N2O4/c1-19-14(8-2-4-9(5-3-8)15(16,17)18)20-6-11(22)13(24)12(23)10(20)7-21/h2-5,10-14,21-24H,6-7H2/t10-,11+,12-,13-,14?/m1/s1. The van der Waals surface area contributed by atoms with E-state index in [1.165, 1.54) is 4.90 Å². The highest BCUT2D eigenvalue weighted by atomic mass is 19.4. The van der Waals surface area contributed by atoms with Crippen molar-refractivity contribution in [2.45, 2.75) is 36.7 Å². The van der Waals surface area contributed by atoms with Crippen molar-refractivity contribution in [3.05, 3.63) is 46.8 Å². The lowest BCUT2D eigenvalue weighted by Crippen LogP contribution is -2.62. The number of hydrogen-bond acceptors (Lipinski definition) is 5. The summed E-state index contributed by atoms with van der Waals surface area (Å²) in [6.07, 6.45) is -9.92. The molecule has 132 valence electrons. The van der Waals surface area contributed by atoms with Gasteiger partial charge in [-0.05, 0) is 24.3 Å². The van der Waals surface area contributed by atoms with E-state index in [1.54, 1.807) is 0 Å². The van der Waals surface area contributed by atoms with E-state index in [2.05, 4.69) is 4.85 Å². The molecule has 1 unspecified atom stereocenters. The van der Waals surface area contributed by atoms with Gasteiger partial charge < -0.3 is 20.4 Å². The molecule has 6 nitrogen and oxygen atoms in total. The average Bonchev–Trinajstić information content (AvgIpc) is 2.53. The molecule has 0 radical (unpaired) electrons. The summed E-state index contributed by atoms with van der Waals surface area (Å²) in [6, 6.07) is 2.94. The summed E-state index contributed by atoms with van der Waals surface area (Å²) in [4.78, 5) is 4.62. The van der Waals surface area contributed by atoms with E-state index in [1.807, 2.05) is 0 Å². The molecule has 2 rings (SSSR count). The van der Waals surface area contributed by atoms with E-state index in [0.717, 1.165) is 24.3 Å². The molecular formula is C15H17F3N2O4. The van der Waals surface area contributed by atoms with Gasteiger partial charge in [-0.2, -0.15) is 13.2 Å². The molecule has 0 aliphatic carbocycles. The number of likely N-dealkylation sites (tertiary alicyclic amines) is 1. The summed E-state index contributed by atoms with van der Waals surface area (Å²) in [7, 11) is 0. The SMILES string of the molecule is [C-]#[N+]C(c1ccc(C(F)(F)F)cc1)N1C[C@H](O)[C@@H](O)[C@H](O)[C@H]1CO. The number of nitrogens with zero attached hydrogens (tertiary/aromatic N) is 2. The smallest absolute Gasteiger partial charge is 0.395 e. The van der Waals surface area contributed by atoms with Crippen LogP contribution in [0.15, 0.2) is 24.3 Å². The van der Waals surface area contributed by atoms with Gasteiger partial charge in [0.15, 0.2) is 0 Å². The minimum Gasteiger partial charge on any atom is -0.395 e. The van der Waals surface area contributed by atoms with Crippen LogP contribution in [-0.2, 0) is 6.18 Å². The van der Waals surface area contributed by atoms with Crippen LogP contribution in [0.5, 0.6) is 0 Å². The Kier molecular flexibility index (Phi) is 5.47. The maximum Gasteiger partial charge on any atom is 0.416 e. The second kappa shape index (κ2) is 7.04. The van der Waals surface area contributed by atoms with Crippen molar-refractivity contribution in [2.24, 2.45) is 0 Å². The zero-order valence-electron chi connectivity index (χ0n) is 12.4. The van der Waals surface area contributed by atoms with Crippen LogP contribution in [0.2, 0.25) is 0 Å². The molecule has 0 bridgehead atoms. The van der Waals surface area contributed by atoms with Crippen molar-refractivity contribution in [3.8, 4) is 0 Å². The fourth-order valence-electron chi connectivity index (χ4n) is 2.79. The van der Waals surface area contributed by atoms with Gasteiger partial charge in [0.2, 0.25) is 0 Å². The quantitative estimate of drug-likeness (QED) is 0.595. The summed E-state index contributed by atoms with van der Waals surface area (Å²) in [5.41, 5.74) is -0.630. The fraction of sp³-hybridized carbons (Fsp3) is 0.533. The van der Waals surface area contributed by atoms with Crippen molar-refractivity contribution in [1.82, 2.24) is 4.90 Å². The number of benzene rings is 1. The molecule has 9 heteroatoms. The van der Waals surface area contributed by atoms with Gasteiger partial charge in [0.1, 0.15) is 12.2 Å². The Morgan fingerprint density at radius 2 is 1.75 bits per heavy atom. The predicted octanol–water partition coefficient (Wildman–Crippen LogP) is 0.382. The van der Waals surface area contributed by atoms with Crippen LogP contribution in [0.25, 0.3) is 4.85 Å². The third-order valence-electron chi connectivity index (χ3n) is 4.12. The molecule has 1 fully saturated rings. The lowest BCUT2D eigenvalue weighted by molar-refractivity contribution is -0.151. The Balaban J connectivity index is 2.31. The molecule has 1 aliphatic heterocycles. The van der Waals surface area contributed by atoms with Crippen LogP contribution >= 0.6 is 0 Å². The molecule has 1 aromatic carbocycles. The number of aliphatic hydroxyl groups is 4. The van der Waals surface area contributed by atoms with E-state index in [0.29, 0.717) is 0 Å². The zero-order chi connectivity index (χ0) is 18.1. The van der Waals surface area contributed by atoms with Crippen molar-refractivity contribution in [3.63, 3.8) is 0 Å². The maximum absolute atomic E-state index is 12.6. The summed E-state index contributed by atoms with van der Waals surface area (Å²) in [5, 5.41) is 38.9. The second-order valence-corrected chi connectivity index (χ2v) is 5.62. The number of β-amino-alcohol motifs (C(OH)–C–C–N with tert-alkyl or cyclic N) is 1. The first-order chi connectivity index (χ1) is 11.2. The Morgan fingerprint density at radius 3 is 2.21 bits per heavy atom. The first-order valence-corrected chi connectivity index (χ1v) is 7.15. The van der Waals surface area contributed by atoms with Crippen LogP contribution in [0.1, 0.15) is 17.3 Å². The molecule has 0 amide bonds. The molecule has 1 aromatic rings. The van der Waals surface area contributed by atoms with E-state index >= 15 is 0 Å². The normalized spacial score (nSPS) is 29.9. The van der Waals surface area contributed by atoms with Gasteiger partial charge in [0.25, 0.3) is 0 Å². The van der Waals surface area contributed by atoms with Crippen LogP contribution in [0.3, 0.4) is 0 Å². The summed E-state index contributed by atoms with van der Waals surface area (Å²) < 4.78 is 37.9. The molecule has 0 spiro atoms. The van der Waals surface area contributed by atoms with Crippen LogP contribution < -0.4 is 0 Å². The predicted molar refractivity (Wildman–Crippen MR) is 76.4 cm³/mol. The average molecular weight is 346 g/mol. The number of rotatable bonds is 3. The summed E-state index contributed by atoms with van der Waals surface area (Å²) in [5.74, 6) is 0. The molecule has 4 N–H and O–H groups in total. The highest BCUT2D eigenvalue weighted by molar-refractivity contribution is 5.28. The first-order valence-electron chi connectivity index (χ1n) is 7.15. The van der Waals surface area contributed by atoms with Crippen LogP contribution in [0, 0.1) is 6.57 Å². The van der Waals surface area contributed by atoms with Gasteiger partial charge in [-0.15, -0.1) is 0 Å². The molecule has 1 saturated heterocycles. The first kappa shape index (κ1) is 18.6. The van der Waals surface area contributed by atoms with E-state index in [4.69, 9.17) is 6.57 Å². The van der Waals surface area contributed by atoms with E-state index in [-0.39, 0.29) is 12.1 Å². The highest BCUT2D eigenvalue weighted by Crippen LogP contribution is 2.33. The monoisotopic (exact) mass is 346 g/mol. The van der Waals surface area contributed by atoms with Gasteiger partial charge in [-0.3, -0.25) is 4.85 Å². The van der Waals surface area contributed by atoms with Crippen molar-refractivity contribution in [2.75, 3.05) is 13.2 Å². The molecule has 5 atom stereocenters. The topological polar surface area (TPSA) is 88.5 Å². The van der Waals surface area contributed by atoms with Crippen molar-refractivity contribution < 1.29 is 33.6 Å². The van der Waals surface area contributed by atoms with Gasteiger partial charge in [-0.25, -0.2) is 11.5 Å². The molecule has 0 saturated carbocycles. The Morgan fingerprint density at radius 1 is 1.17 bits per heavy atom. The fourth-order valence-corrected chi connectivity index (χ4v) is 2.79. The van der Waals surface area contributed by atoms with E-state index < -0.39 is 48.9 Å². The van der Waals surface area contributed by atoms with Crippen molar-refractivity contribution in [1.29, 1.82) is 0 Å². The molecular weight excluding hydrogens is 329 g/mol. The lowest BCUT2D eigenvalue weighted by atomic mass is 9.92. The number of piperidine rings is 1.